The van der Waals surface area contributed by atoms with Gasteiger partial charge in [0.05, 0.1) is 18.8 Å². The monoisotopic (exact) mass is 232 g/mol. The summed E-state index contributed by atoms with van der Waals surface area (Å²) in [5.74, 6) is -4.52. The second-order valence-corrected chi connectivity index (χ2v) is 4.42. The van der Waals surface area contributed by atoms with Crippen molar-refractivity contribution in [2.45, 2.75) is 39.2 Å². The van der Waals surface area contributed by atoms with Crippen molar-refractivity contribution < 1.29 is 29.3 Å². The van der Waals surface area contributed by atoms with E-state index in [0.29, 0.717) is 0 Å². The summed E-state index contributed by atoms with van der Waals surface area (Å²) in [6.45, 7) is 4.95. The molecule has 0 saturated carbocycles. The molecule has 1 atom stereocenters. The normalized spacial score (nSPS) is 12.9. The van der Waals surface area contributed by atoms with E-state index in [9.17, 15) is 14.4 Å². The molecule has 0 aromatic heterocycles. The minimum atomic E-state index is -1.31. The Morgan fingerprint density at radius 1 is 1.12 bits per heavy atom. The van der Waals surface area contributed by atoms with Gasteiger partial charge < -0.3 is 14.9 Å². The molecule has 0 aliphatic carbocycles. The SMILES string of the molecule is CC(C)(C)OC(=O)C[C@@H](CC(=O)O)C(=O)O. The Balaban J connectivity index is 4.35. The number of carboxylic acids is 2. The molecule has 0 aliphatic heterocycles. The molecule has 0 aliphatic rings. The lowest BCUT2D eigenvalue weighted by molar-refractivity contribution is -0.161. The Morgan fingerprint density at radius 2 is 1.62 bits per heavy atom. The molecule has 0 heterocycles. The zero-order valence-electron chi connectivity index (χ0n) is 9.52. The molecule has 0 amide bonds. The van der Waals surface area contributed by atoms with Gasteiger partial charge in [0, 0.05) is 0 Å². The summed E-state index contributed by atoms with van der Waals surface area (Å²) in [7, 11) is 0. The predicted octanol–water partition coefficient (Wildman–Crippen LogP) is 0.894. The molecule has 0 spiro atoms. The van der Waals surface area contributed by atoms with Gasteiger partial charge in [-0.05, 0) is 20.8 Å². The van der Waals surface area contributed by atoms with Gasteiger partial charge in [0.15, 0.2) is 0 Å². The third kappa shape index (κ3) is 6.80. The summed E-state index contributed by atoms with van der Waals surface area (Å²) in [5, 5.41) is 17.2. The first kappa shape index (κ1) is 14.4. The fourth-order valence-electron chi connectivity index (χ4n) is 1.04. The molecule has 2 N–H and O–H groups in total. The number of carbonyl (C=O) groups excluding carboxylic acids is 1. The van der Waals surface area contributed by atoms with Crippen LogP contribution in [0.25, 0.3) is 0 Å². The van der Waals surface area contributed by atoms with Crippen LogP contribution < -0.4 is 0 Å². The highest BCUT2D eigenvalue weighted by Gasteiger charge is 2.27. The fourth-order valence-corrected chi connectivity index (χ4v) is 1.04. The number of carbonyl (C=O) groups is 3. The van der Waals surface area contributed by atoms with E-state index in [0.717, 1.165) is 0 Å². The second-order valence-electron chi connectivity index (χ2n) is 4.42. The lowest BCUT2D eigenvalue weighted by Crippen LogP contribution is -2.28. The molecule has 0 radical (unpaired) electrons. The first-order valence-electron chi connectivity index (χ1n) is 4.78. The molecule has 0 rings (SSSR count). The van der Waals surface area contributed by atoms with E-state index in [2.05, 4.69) is 0 Å². The number of rotatable bonds is 5. The lowest BCUT2D eigenvalue weighted by atomic mass is 10.0. The number of aliphatic carboxylic acids is 2. The van der Waals surface area contributed by atoms with Crippen molar-refractivity contribution in [2.75, 3.05) is 0 Å². The molecular formula is C10H16O6. The minimum Gasteiger partial charge on any atom is -0.481 e. The van der Waals surface area contributed by atoms with Crippen molar-refractivity contribution in [1.82, 2.24) is 0 Å². The molecule has 0 aromatic rings. The highest BCUT2D eigenvalue weighted by atomic mass is 16.6. The van der Waals surface area contributed by atoms with Crippen molar-refractivity contribution in [3.05, 3.63) is 0 Å². The molecular weight excluding hydrogens is 216 g/mol. The first-order valence-corrected chi connectivity index (χ1v) is 4.78. The Labute approximate surface area is 93.2 Å². The summed E-state index contributed by atoms with van der Waals surface area (Å²) in [6, 6.07) is 0. The maximum absolute atomic E-state index is 11.3. The van der Waals surface area contributed by atoms with Crippen molar-refractivity contribution >= 4 is 17.9 Å². The van der Waals surface area contributed by atoms with Crippen molar-refractivity contribution in [3.63, 3.8) is 0 Å². The summed E-state index contributed by atoms with van der Waals surface area (Å²) < 4.78 is 4.90. The predicted molar refractivity (Wildman–Crippen MR) is 53.8 cm³/mol. The van der Waals surface area contributed by atoms with E-state index in [1.54, 1.807) is 20.8 Å². The van der Waals surface area contributed by atoms with Crippen LogP contribution in [-0.4, -0.2) is 33.7 Å². The number of ether oxygens (including phenoxy) is 1. The fraction of sp³-hybridized carbons (Fsp3) is 0.700. The van der Waals surface area contributed by atoms with E-state index in [1.165, 1.54) is 0 Å². The highest BCUT2D eigenvalue weighted by molar-refractivity contribution is 5.82. The van der Waals surface area contributed by atoms with Crippen LogP contribution in [0.1, 0.15) is 33.6 Å². The van der Waals surface area contributed by atoms with Gasteiger partial charge in [-0.25, -0.2) is 0 Å². The van der Waals surface area contributed by atoms with E-state index in [1.807, 2.05) is 0 Å². The molecule has 0 saturated heterocycles. The van der Waals surface area contributed by atoms with Crippen LogP contribution in [-0.2, 0) is 19.1 Å². The zero-order valence-corrected chi connectivity index (χ0v) is 9.52. The van der Waals surface area contributed by atoms with Gasteiger partial charge in [0.25, 0.3) is 0 Å². The van der Waals surface area contributed by atoms with Crippen LogP contribution in [0.5, 0.6) is 0 Å². The number of hydrogen-bond acceptors (Lipinski definition) is 4. The molecule has 92 valence electrons. The van der Waals surface area contributed by atoms with Crippen LogP contribution in [0.15, 0.2) is 0 Å². The Bertz CT molecular complexity index is 288. The molecule has 6 nitrogen and oxygen atoms in total. The van der Waals surface area contributed by atoms with Crippen LogP contribution in [0.2, 0.25) is 0 Å². The first-order chi connectivity index (χ1) is 7.11. The Morgan fingerprint density at radius 3 is 1.94 bits per heavy atom. The third-order valence-electron chi connectivity index (χ3n) is 1.60. The average molecular weight is 232 g/mol. The summed E-state index contributed by atoms with van der Waals surface area (Å²) in [5.41, 5.74) is -0.705. The van der Waals surface area contributed by atoms with E-state index >= 15 is 0 Å². The van der Waals surface area contributed by atoms with Gasteiger partial charge in [-0.15, -0.1) is 0 Å². The number of esters is 1. The van der Waals surface area contributed by atoms with Crippen LogP contribution in [0, 0.1) is 5.92 Å². The van der Waals surface area contributed by atoms with Crippen LogP contribution >= 0.6 is 0 Å². The topological polar surface area (TPSA) is 101 Å². The van der Waals surface area contributed by atoms with Crippen molar-refractivity contribution in [3.8, 4) is 0 Å². The van der Waals surface area contributed by atoms with Gasteiger partial charge in [-0.1, -0.05) is 0 Å². The maximum atomic E-state index is 11.3. The molecule has 0 aromatic carbocycles. The largest absolute Gasteiger partial charge is 0.481 e. The van der Waals surface area contributed by atoms with Crippen LogP contribution in [0.4, 0.5) is 0 Å². The molecule has 0 bridgehead atoms. The summed E-state index contributed by atoms with van der Waals surface area (Å²) >= 11 is 0. The van der Waals surface area contributed by atoms with E-state index in [-0.39, 0.29) is 0 Å². The lowest BCUT2D eigenvalue weighted by Gasteiger charge is -2.20. The van der Waals surface area contributed by atoms with Gasteiger partial charge in [-0.3, -0.25) is 14.4 Å². The van der Waals surface area contributed by atoms with Gasteiger partial charge in [0.1, 0.15) is 5.60 Å². The summed E-state index contributed by atoms with van der Waals surface area (Å²) in [6.07, 6.45) is -1.02. The molecule has 16 heavy (non-hydrogen) atoms. The molecule has 6 heteroatoms. The average Bonchev–Trinajstić information content (AvgIpc) is 1.97. The van der Waals surface area contributed by atoms with E-state index in [4.69, 9.17) is 14.9 Å². The smallest absolute Gasteiger partial charge is 0.307 e. The van der Waals surface area contributed by atoms with Crippen molar-refractivity contribution in [1.29, 1.82) is 0 Å². The number of carboxylic acid groups (broad SMARTS) is 2. The molecule has 0 fully saturated rings. The van der Waals surface area contributed by atoms with Crippen molar-refractivity contribution in [2.24, 2.45) is 5.92 Å². The number of hydrogen-bond donors (Lipinski definition) is 2. The zero-order chi connectivity index (χ0) is 12.9. The van der Waals surface area contributed by atoms with Gasteiger partial charge in [-0.2, -0.15) is 0 Å². The Kier molecular flexibility index (Phi) is 4.94. The minimum absolute atomic E-state index is 0.432. The quantitative estimate of drug-likeness (QED) is 0.683. The van der Waals surface area contributed by atoms with Gasteiger partial charge in [0.2, 0.25) is 0 Å². The third-order valence-corrected chi connectivity index (χ3v) is 1.60. The van der Waals surface area contributed by atoms with Gasteiger partial charge >= 0.3 is 17.9 Å². The maximum Gasteiger partial charge on any atom is 0.307 e. The standard InChI is InChI=1S/C10H16O6/c1-10(2,3)16-8(13)5-6(9(14)15)4-7(11)12/h6H,4-5H2,1-3H3,(H,11,12)(H,14,15)/t6-/m1/s1. The Hall–Kier alpha value is -1.59. The second kappa shape index (κ2) is 5.48. The highest BCUT2D eigenvalue weighted by Crippen LogP contribution is 2.14. The van der Waals surface area contributed by atoms with Crippen LogP contribution in [0.3, 0.4) is 0 Å². The van der Waals surface area contributed by atoms with E-state index < -0.39 is 42.3 Å². The molecule has 0 unspecified atom stereocenters. The summed E-state index contributed by atoms with van der Waals surface area (Å²) in [4.78, 5) is 32.3.